The predicted octanol–water partition coefficient (Wildman–Crippen LogP) is 8.41. The molecule has 0 aliphatic rings. The Hall–Kier alpha value is -1.41. The molecule has 0 bridgehead atoms. The Morgan fingerprint density at radius 2 is 1.36 bits per heavy atom. The van der Waals surface area contributed by atoms with Gasteiger partial charge in [-0.2, -0.15) is 0 Å². The van der Waals surface area contributed by atoms with E-state index < -0.39 is 0 Å². The van der Waals surface area contributed by atoms with Crippen LogP contribution in [0.2, 0.25) is 0 Å². The van der Waals surface area contributed by atoms with Crippen molar-refractivity contribution in [3.8, 4) is 5.75 Å². The fourth-order valence-corrected chi connectivity index (χ4v) is 4.42. The minimum atomic E-state index is 0.0325. The minimum Gasteiger partial charge on any atom is -0.479 e. The summed E-state index contributed by atoms with van der Waals surface area (Å²) in [6.45, 7) is 18.4. The monoisotopic (exact) mass is 398 g/mol. The Kier molecular flexibility index (Phi) is 7.67. The molecule has 154 valence electrons. The molecule has 0 amide bonds. The number of thioether (sulfide) groups is 1. The Bertz CT molecular complexity index is 705. The minimum absolute atomic E-state index is 0.0325. The molecular formula is C26H38OS. The summed E-state index contributed by atoms with van der Waals surface area (Å²) in [5.74, 6) is 2.20. The fourth-order valence-electron chi connectivity index (χ4n) is 3.36. The molecule has 1 nitrogen and oxygen atoms in total. The lowest BCUT2D eigenvalue weighted by atomic mass is 9.72. The van der Waals surface area contributed by atoms with E-state index in [0.717, 1.165) is 5.75 Å². The van der Waals surface area contributed by atoms with Crippen molar-refractivity contribution in [2.45, 2.75) is 78.1 Å². The van der Waals surface area contributed by atoms with Gasteiger partial charge < -0.3 is 4.74 Å². The summed E-state index contributed by atoms with van der Waals surface area (Å²) in [6.07, 6.45) is 1.22. The first-order chi connectivity index (χ1) is 13.0. The van der Waals surface area contributed by atoms with Crippen LogP contribution in [0, 0.1) is 16.7 Å². The summed E-state index contributed by atoms with van der Waals surface area (Å²) in [4.78, 5) is 1.26. The molecule has 0 aliphatic heterocycles. The summed E-state index contributed by atoms with van der Waals surface area (Å²) in [5, 5.41) is 0. The van der Waals surface area contributed by atoms with Gasteiger partial charge in [-0.15, -0.1) is 0 Å². The molecule has 2 rings (SSSR count). The van der Waals surface area contributed by atoms with E-state index in [1.807, 2.05) is 42.1 Å². The second-order valence-corrected chi connectivity index (χ2v) is 11.5. The van der Waals surface area contributed by atoms with Gasteiger partial charge in [0.25, 0.3) is 0 Å². The van der Waals surface area contributed by atoms with Gasteiger partial charge in [-0.25, -0.2) is 0 Å². The van der Waals surface area contributed by atoms with Crippen LogP contribution in [0.4, 0.5) is 0 Å². The van der Waals surface area contributed by atoms with Crippen molar-refractivity contribution in [2.24, 2.45) is 16.7 Å². The maximum atomic E-state index is 6.33. The number of ether oxygens (including phenoxy) is 1. The van der Waals surface area contributed by atoms with E-state index >= 15 is 0 Å². The number of benzene rings is 2. The van der Waals surface area contributed by atoms with Crippen LogP contribution >= 0.6 is 11.8 Å². The lowest BCUT2D eigenvalue weighted by Crippen LogP contribution is -2.28. The van der Waals surface area contributed by atoms with Crippen LogP contribution in [0.1, 0.15) is 73.3 Å². The number of rotatable bonds is 7. The molecule has 0 fully saturated rings. The molecular weight excluding hydrogens is 360 g/mol. The zero-order valence-electron chi connectivity index (χ0n) is 19.0. The van der Waals surface area contributed by atoms with Crippen LogP contribution in [0.15, 0.2) is 59.5 Å². The topological polar surface area (TPSA) is 9.23 Å². The van der Waals surface area contributed by atoms with E-state index in [4.69, 9.17) is 4.74 Å². The van der Waals surface area contributed by atoms with E-state index in [1.165, 1.54) is 16.9 Å². The normalized spacial score (nSPS) is 14.8. The van der Waals surface area contributed by atoms with Crippen LogP contribution in [0.5, 0.6) is 5.75 Å². The van der Waals surface area contributed by atoms with Crippen molar-refractivity contribution in [2.75, 3.05) is 0 Å². The van der Waals surface area contributed by atoms with Gasteiger partial charge in [0.1, 0.15) is 5.75 Å². The third kappa shape index (κ3) is 6.88. The second-order valence-electron chi connectivity index (χ2n) is 10.4. The molecule has 0 heterocycles. The molecule has 2 atom stereocenters. The Morgan fingerprint density at radius 1 is 0.786 bits per heavy atom. The average Bonchev–Trinajstić information content (AvgIpc) is 2.59. The second kappa shape index (κ2) is 9.39. The van der Waals surface area contributed by atoms with E-state index in [1.54, 1.807) is 0 Å². The Labute approximate surface area is 177 Å². The van der Waals surface area contributed by atoms with Gasteiger partial charge in [0, 0.05) is 10.3 Å². The largest absolute Gasteiger partial charge is 0.479 e. The third-order valence-corrected chi connectivity index (χ3v) is 6.53. The first kappa shape index (κ1) is 22.9. The molecule has 2 aromatic carbocycles. The zero-order valence-corrected chi connectivity index (χ0v) is 19.8. The van der Waals surface area contributed by atoms with E-state index in [9.17, 15) is 0 Å². The molecule has 0 saturated carbocycles. The molecule has 2 unspecified atom stereocenters. The molecule has 2 heteroatoms. The fraction of sp³-hybridized carbons (Fsp3) is 0.538. The van der Waals surface area contributed by atoms with Crippen molar-refractivity contribution in [3.05, 3.63) is 60.2 Å². The van der Waals surface area contributed by atoms with Crippen LogP contribution in [0.25, 0.3) is 0 Å². The van der Waals surface area contributed by atoms with Crippen LogP contribution in [-0.4, -0.2) is 5.44 Å². The van der Waals surface area contributed by atoms with Crippen molar-refractivity contribution in [1.82, 2.24) is 0 Å². The Balaban J connectivity index is 2.18. The van der Waals surface area contributed by atoms with Crippen molar-refractivity contribution < 1.29 is 4.74 Å². The summed E-state index contributed by atoms with van der Waals surface area (Å²) < 4.78 is 6.33. The van der Waals surface area contributed by atoms with Crippen molar-refractivity contribution in [1.29, 1.82) is 0 Å². The van der Waals surface area contributed by atoms with Gasteiger partial charge in [-0.3, -0.25) is 0 Å². The highest BCUT2D eigenvalue weighted by molar-refractivity contribution is 7.99. The quantitative estimate of drug-likeness (QED) is 0.342. The maximum absolute atomic E-state index is 6.33. The maximum Gasteiger partial charge on any atom is 0.153 e. The third-order valence-electron chi connectivity index (χ3n) is 4.97. The molecule has 0 spiro atoms. The average molecular weight is 399 g/mol. The van der Waals surface area contributed by atoms with E-state index in [0.29, 0.717) is 11.8 Å². The first-order valence-corrected chi connectivity index (χ1v) is 11.3. The lowest BCUT2D eigenvalue weighted by molar-refractivity contribution is 0.165. The molecule has 0 aliphatic carbocycles. The number of hydrogen-bond acceptors (Lipinski definition) is 2. The predicted molar refractivity (Wildman–Crippen MR) is 124 cm³/mol. The molecule has 0 saturated heterocycles. The molecule has 28 heavy (non-hydrogen) atoms. The van der Waals surface area contributed by atoms with Crippen molar-refractivity contribution in [3.63, 3.8) is 0 Å². The van der Waals surface area contributed by atoms with Gasteiger partial charge in [-0.05, 0) is 53.5 Å². The van der Waals surface area contributed by atoms with Gasteiger partial charge in [0.05, 0.1) is 0 Å². The highest BCUT2D eigenvalue weighted by Gasteiger charge is 2.29. The zero-order chi connectivity index (χ0) is 20.9. The molecule has 0 N–H and O–H groups in total. The first-order valence-electron chi connectivity index (χ1n) is 10.4. The summed E-state index contributed by atoms with van der Waals surface area (Å²) in [5.41, 5.74) is 1.80. The van der Waals surface area contributed by atoms with E-state index in [-0.39, 0.29) is 16.3 Å². The molecule has 0 radical (unpaired) electrons. The number of para-hydroxylation sites is 1. The highest BCUT2D eigenvalue weighted by Crippen LogP contribution is 2.41. The smallest absolute Gasteiger partial charge is 0.153 e. The van der Waals surface area contributed by atoms with Gasteiger partial charge in [0.2, 0.25) is 0 Å². The standard InChI is InChI=1S/C26H38OS/c1-19(2)18-23(25(3,4)5)20-14-16-22(17-15-20)28-24(26(6,7)8)27-21-12-10-9-11-13-21/h9-17,19,23-24H,18H2,1-8H3. The SMILES string of the molecule is CC(C)CC(c1ccc(SC(Oc2ccccc2)C(C)(C)C)cc1)C(C)(C)C. The summed E-state index contributed by atoms with van der Waals surface area (Å²) >= 11 is 1.81. The lowest BCUT2D eigenvalue weighted by Gasteiger charge is -2.33. The molecule has 0 aromatic heterocycles. The highest BCUT2D eigenvalue weighted by atomic mass is 32.2. The van der Waals surface area contributed by atoms with Crippen LogP contribution in [0.3, 0.4) is 0 Å². The van der Waals surface area contributed by atoms with Gasteiger partial charge >= 0.3 is 0 Å². The van der Waals surface area contributed by atoms with Gasteiger partial charge in [-0.1, -0.05) is 97.5 Å². The van der Waals surface area contributed by atoms with Crippen molar-refractivity contribution >= 4 is 11.8 Å². The molecule has 2 aromatic rings. The van der Waals surface area contributed by atoms with Crippen LogP contribution in [-0.2, 0) is 0 Å². The number of hydrogen-bond donors (Lipinski definition) is 0. The summed E-state index contributed by atoms with van der Waals surface area (Å²) in [7, 11) is 0. The van der Waals surface area contributed by atoms with E-state index in [2.05, 4.69) is 79.7 Å². The summed E-state index contributed by atoms with van der Waals surface area (Å²) in [6, 6.07) is 19.3. The van der Waals surface area contributed by atoms with Crippen LogP contribution < -0.4 is 4.74 Å². The van der Waals surface area contributed by atoms with Gasteiger partial charge in [0.15, 0.2) is 5.44 Å². The Morgan fingerprint density at radius 3 is 1.82 bits per heavy atom.